The molecule has 6 nitrogen and oxygen atoms in total. The van der Waals surface area contributed by atoms with Gasteiger partial charge in [0.1, 0.15) is 16.7 Å². The molecule has 0 aliphatic carbocycles. The van der Waals surface area contributed by atoms with Crippen molar-refractivity contribution >= 4 is 27.5 Å². The second kappa shape index (κ2) is 10.4. The van der Waals surface area contributed by atoms with Gasteiger partial charge in [-0.3, -0.25) is 4.79 Å². The topological polar surface area (TPSA) is 84.5 Å². The van der Waals surface area contributed by atoms with Gasteiger partial charge in [-0.05, 0) is 35.7 Å². The van der Waals surface area contributed by atoms with Crippen molar-refractivity contribution in [2.75, 3.05) is 7.11 Å². The summed E-state index contributed by atoms with van der Waals surface area (Å²) in [5.41, 5.74) is 1.73. The normalized spacial score (nSPS) is 12.2. The van der Waals surface area contributed by atoms with Crippen LogP contribution in [0.3, 0.4) is 0 Å². The third-order valence-electron chi connectivity index (χ3n) is 4.62. The number of amides is 1. The van der Waals surface area contributed by atoms with E-state index in [0.29, 0.717) is 0 Å². The Bertz CT molecular complexity index is 1120. The van der Waals surface area contributed by atoms with Gasteiger partial charge in [0.25, 0.3) is 0 Å². The molecule has 0 saturated carbocycles. The fourth-order valence-corrected chi connectivity index (χ4v) is 4.68. The van der Waals surface area contributed by atoms with Gasteiger partial charge in [0.2, 0.25) is 15.9 Å². The number of halogens is 1. The van der Waals surface area contributed by atoms with E-state index in [4.69, 9.17) is 16.3 Å². The molecule has 0 aromatic heterocycles. The van der Waals surface area contributed by atoms with Crippen LogP contribution in [0.4, 0.5) is 0 Å². The number of methoxy groups -OCH3 is 1. The molecule has 0 aliphatic rings. The average Bonchev–Trinajstić information content (AvgIpc) is 2.78. The van der Waals surface area contributed by atoms with E-state index in [1.165, 1.54) is 25.3 Å². The lowest BCUT2D eigenvalue weighted by Crippen LogP contribution is -2.47. The molecule has 31 heavy (non-hydrogen) atoms. The molecule has 8 heteroatoms. The number of hydrogen-bond acceptors (Lipinski definition) is 4. The van der Waals surface area contributed by atoms with E-state index < -0.39 is 22.0 Å². The number of rotatable bonds is 9. The first-order valence-corrected chi connectivity index (χ1v) is 11.5. The first-order chi connectivity index (χ1) is 14.9. The zero-order valence-electron chi connectivity index (χ0n) is 16.9. The van der Waals surface area contributed by atoms with Gasteiger partial charge in [-0.15, -0.1) is 0 Å². The number of ether oxygens (including phenoxy) is 1. The molecule has 0 fully saturated rings. The van der Waals surface area contributed by atoms with Gasteiger partial charge >= 0.3 is 0 Å². The summed E-state index contributed by atoms with van der Waals surface area (Å²) in [6.45, 7) is 0.285. The van der Waals surface area contributed by atoms with E-state index in [0.717, 1.165) is 11.1 Å². The minimum absolute atomic E-state index is 0.128. The van der Waals surface area contributed by atoms with Crippen LogP contribution in [0.25, 0.3) is 0 Å². The molecule has 0 aliphatic heterocycles. The molecule has 162 valence electrons. The number of benzene rings is 3. The first kappa shape index (κ1) is 22.8. The Hall–Kier alpha value is -2.87. The van der Waals surface area contributed by atoms with E-state index in [1.807, 2.05) is 60.7 Å². The van der Waals surface area contributed by atoms with Crippen molar-refractivity contribution in [3.8, 4) is 5.75 Å². The first-order valence-electron chi connectivity index (χ1n) is 9.60. The van der Waals surface area contributed by atoms with Crippen molar-refractivity contribution in [2.45, 2.75) is 23.9 Å². The molecule has 0 saturated heterocycles. The van der Waals surface area contributed by atoms with Crippen molar-refractivity contribution in [3.63, 3.8) is 0 Å². The van der Waals surface area contributed by atoms with Crippen LogP contribution >= 0.6 is 11.6 Å². The van der Waals surface area contributed by atoms with Crippen LogP contribution in [0, 0.1) is 0 Å². The van der Waals surface area contributed by atoms with Gasteiger partial charge in [-0.25, -0.2) is 8.42 Å². The van der Waals surface area contributed by atoms with Gasteiger partial charge < -0.3 is 10.1 Å². The van der Waals surface area contributed by atoms with Crippen molar-refractivity contribution < 1.29 is 17.9 Å². The largest absolute Gasteiger partial charge is 0.495 e. The average molecular weight is 459 g/mol. The van der Waals surface area contributed by atoms with E-state index in [1.54, 1.807) is 0 Å². The maximum absolute atomic E-state index is 13.1. The number of carbonyl (C=O) groups is 1. The van der Waals surface area contributed by atoms with Crippen LogP contribution in [0.1, 0.15) is 11.1 Å². The zero-order valence-corrected chi connectivity index (χ0v) is 18.5. The van der Waals surface area contributed by atoms with Gasteiger partial charge in [0.15, 0.2) is 0 Å². The fourth-order valence-electron chi connectivity index (χ4n) is 3.06. The lowest BCUT2D eigenvalue weighted by molar-refractivity contribution is -0.122. The van der Waals surface area contributed by atoms with Gasteiger partial charge in [-0.2, -0.15) is 4.72 Å². The van der Waals surface area contributed by atoms with E-state index >= 15 is 0 Å². The summed E-state index contributed by atoms with van der Waals surface area (Å²) in [4.78, 5) is 12.8. The molecule has 3 aromatic rings. The lowest BCUT2D eigenvalue weighted by atomic mass is 10.1. The van der Waals surface area contributed by atoms with Gasteiger partial charge in [-0.1, -0.05) is 72.3 Å². The Morgan fingerprint density at radius 1 is 0.968 bits per heavy atom. The van der Waals surface area contributed by atoms with E-state index in [-0.39, 0.29) is 28.6 Å². The third-order valence-corrected chi connectivity index (χ3v) is 6.35. The van der Waals surface area contributed by atoms with Crippen molar-refractivity contribution in [1.29, 1.82) is 0 Å². The van der Waals surface area contributed by atoms with Crippen molar-refractivity contribution in [3.05, 3.63) is 95.0 Å². The molecule has 0 heterocycles. The Morgan fingerprint density at radius 3 is 2.19 bits per heavy atom. The SMILES string of the molecule is COc1ccc(Cl)cc1S(=O)(=O)NC(Cc1ccccc1)C(=O)NCc1ccccc1. The van der Waals surface area contributed by atoms with Gasteiger partial charge in [0.05, 0.1) is 7.11 Å². The van der Waals surface area contributed by atoms with Crippen molar-refractivity contribution in [2.24, 2.45) is 0 Å². The highest BCUT2D eigenvalue weighted by molar-refractivity contribution is 7.89. The quantitative estimate of drug-likeness (QED) is 0.513. The lowest BCUT2D eigenvalue weighted by Gasteiger charge is -2.20. The Kier molecular flexibility index (Phi) is 7.68. The highest BCUT2D eigenvalue weighted by Gasteiger charge is 2.28. The highest BCUT2D eigenvalue weighted by atomic mass is 35.5. The predicted molar refractivity (Wildman–Crippen MR) is 121 cm³/mol. The van der Waals surface area contributed by atoms with Crippen LogP contribution in [0.15, 0.2) is 83.8 Å². The van der Waals surface area contributed by atoms with Crippen LogP contribution in [0.2, 0.25) is 5.02 Å². The summed E-state index contributed by atoms with van der Waals surface area (Å²) in [7, 11) is -2.72. The van der Waals surface area contributed by atoms with E-state index in [9.17, 15) is 13.2 Å². The molecule has 2 N–H and O–H groups in total. The van der Waals surface area contributed by atoms with Crippen molar-refractivity contribution in [1.82, 2.24) is 10.0 Å². The fraction of sp³-hybridized carbons (Fsp3) is 0.174. The number of hydrogen-bond donors (Lipinski definition) is 2. The van der Waals surface area contributed by atoms with E-state index in [2.05, 4.69) is 10.0 Å². The molecule has 1 amide bonds. The second-order valence-corrected chi connectivity index (χ2v) is 8.98. The molecule has 0 spiro atoms. The molecule has 1 unspecified atom stereocenters. The number of carbonyl (C=O) groups excluding carboxylic acids is 1. The maximum atomic E-state index is 13.1. The molecular formula is C23H23ClN2O4S. The monoisotopic (exact) mass is 458 g/mol. The zero-order chi connectivity index (χ0) is 22.3. The number of sulfonamides is 1. The molecular weight excluding hydrogens is 436 g/mol. The second-order valence-electron chi connectivity index (χ2n) is 6.86. The summed E-state index contributed by atoms with van der Waals surface area (Å²) in [6.07, 6.45) is 0.184. The standard InChI is InChI=1S/C23H23ClN2O4S/c1-30-21-13-12-19(24)15-22(21)31(28,29)26-20(14-17-8-4-2-5-9-17)23(27)25-16-18-10-6-3-7-11-18/h2-13,15,20,26H,14,16H2,1H3,(H,25,27). The van der Waals surface area contributed by atoms with Crippen LogP contribution in [-0.2, 0) is 27.8 Å². The molecule has 0 radical (unpaired) electrons. The minimum atomic E-state index is -4.09. The summed E-state index contributed by atoms with van der Waals surface area (Å²) in [6, 6.07) is 21.9. The highest BCUT2D eigenvalue weighted by Crippen LogP contribution is 2.27. The smallest absolute Gasteiger partial charge is 0.245 e. The molecule has 1 atom stereocenters. The minimum Gasteiger partial charge on any atom is -0.495 e. The maximum Gasteiger partial charge on any atom is 0.245 e. The van der Waals surface area contributed by atoms with Crippen LogP contribution in [0.5, 0.6) is 5.75 Å². The Labute approximate surface area is 187 Å². The number of nitrogens with one attached hydrogen (secondary N) is 2. The predicted octanol–water partition coefficient (Wildman–Crippen LogP) is 3.55. The Balaban J connectivity index is 1.85. The van der Waals surface area contributed by atoms with Crippen LogP contribution < -0.4 is 14.8 Å². The summed E-state index contributed by atoms with van der Waals surface area (Å²) < 4.78 is 33.9. The third kappa shape index (κ3) is 6.30. The molecule has 0 bridgehead atoms. The Morgan fingerprint density at radius 2 is 1.58 bits per heavy atom. The van der Waals surface area contributed by atoms with Gasteiger partial charge in [0, 0.05) is 11.6 Å². The summed E-state index contributed by atoms with van der Waals surface area (Å²) >= 11 is 6.00. The molecule has 3 aromatic carbocycles. The summed E-state index contributed by atoms with van der Waals surface area (Å²) in [5, 5.41) is 3.05. The van der Waals surface area contributed by atoms with Crippen LogP contribution in [-0.4, -0.2) is 27.5 Å². The molecule has 3 rings (SSSR count). The summed E-state index contributed by atoms with van der Waals surface area (Å²) in [5.74, 6) is -0.294.